The summed E-state index contributed by atoms with van der Waals surface area (Å²) in [5.41, 5.74) is 0. The Hall–Kier alpha value is -0.630. The quantitative estimate of drug-likeness (QED) is 0.582. The van der Waals surface area contributed by atoms with Crippen LogP contribution in [0.2, 0.25) is 0 Å². The van der Waals surface area contributed by atoms with Gasteiger partial charge in [-0.2, -0.15) is 0 Å². The molecule has 0 aromatic rings. The highest BCUT2D eigenvalue weighted by atomic mass is 79.9. The molecule has 0 saturated carbocycles. The van der Waals surface area contributed by atoms with Gasteiger partial charge in [0.25, 0.3) is 0 Å². The van der Waals surface area contributed by atoms with E-state index in [9.17, 15) is 0 Å². The fourth-order valence-electron chi connectivity index (χ4n) is 1.31. The molecular weight excluding hydrogens is 202 g/mol. The molecule has 56 valence electrons. The molecule has 0 aromatic heterocycles. The van der Waals surface area contributed by atoms with Crippen LogP contribution < -0.4 is 0 Å². The molecule has 1 aliphatic carbocycles. The summed E-state index contributed by atoms with van der Waals surface area (Å²) in [6, 6.07) is 0. The minimum absolute atomic E-state index is 0.473. The Kier molecular flexibility index (Phi) is 1.78. The van der Waals surface area contributed by atoms with E-state index in [2.05, 4.69) is 45.2 Å². The van der Waals surface area contributed by atoms with E-state index < -0.39 is 0 Å². The van der Waals surface area contributed by atoms with E-state index in [1.54, 1.807) is 0 Å². The number of halogens is 1. The monoisotopic (exact) mass is 209 g/mol. The van der Waals surface area contributed by atoms with Crippen LogP contribution in [0.5, 0.6) is 0 Å². The van der Waals surface area contributed by atoms with Gasteiger partial charge in [-0.15, -0.1) is 0 Å². The van der Waals surface area contributed by atoms with E-state index in [4.69, 9.17) is 0 Å². The molecule has 11 heavy (non-hydrogen) atoms. The van der Waals surface area contributed by atoms with Crippen LogP contribution in [0.4, 0.5) is 0 Å². The zero-order valence-electron chi connectivity index (χ0n) is 5.94. The Labute approximate surface area is 74.3 Å². The van der Waals surface area contributed by atoms with Crippen molar-refractivity contribution < 1.29 is 0 Å². The molecule has 0 saturated heterocycles. The third-order valence-electron chi connectivity index (χ3n) is 1.93. The van der Waals surface area contributed by atoms with Crippen molar-refractivity contribution >= 4 is 22.1 Å². The first-order chi connectivity index (χ1) is 5.36. The smallest absolute Gasteiger partial charge is 0.0230 e. The molecule has 2 aliphatic rings. The maximum atomic E-state index is 4.09. The first-order valence-electron chi connectivity index (χ1n) is 3.62. The molecule has 0 bridgehead atoms. The standard InChI is InChI=1S/C9H8BrN/c10-9-2-1-8-6-11-4-3-7(8)5-9/h1-8H. The van der Waals surface area contributed by atoms with E-state index in [-0.39, 0.29) is 0 Å². The number of allylic oxidation sites excluding steroid dienone is 5. The summed E-state index contributed by atoms with van der Waals surface area (Å²) < 4.78 is 1.17. The van der Waals surface area contributed by atoms with E-state index in [1.165, 1.54) is 4.48 Å². The van der Waals surface area contributed by atoms with Gasteiger partial charge in [0.05, 0.1) is 0 Å². The van der Waals surface area contributed by atoms with Gasteiger partial charge in [0.1, 0.15) is 0 Å². The van der Waals surface area contributed by atoms with Gasteiger partial charge >= 0.3 is 0 Å². The average Bonchev–Trinajstić information content (AvgIpc) is 2.04. The van der Waals surface area contributed by atoms with Crippen molar-refractivity contribution in [2.45, 2.75) is 0 Å². The Balaban J connectivity index is 2.29. The van der Waals surface area contributed by atoms with E-state index in [1.807, 2.05) is 12.4 Å². The van der Waals surface area contributed by atoms with Gasteiger partial charge in [-0.1, -0.05) is 40.2 Å². The minimum atomic E-state index is 0.473. The average molecular weight is 210 g/mol. The number of nitrogens with zero attached hydrogens (tertiary/aromatic N) is 1. The second-order valence-electron chi connectivity index (χ2n) is 2.71. The van der Waals surface area contributed by atoms with E-state index in [0.29, 0.717) is 11.8 Å². The van der Waals surface area contributed by atoms with E-state index in [0.717, 1.165) is 0 Å². The van der Waals surface area contributed by atoms with Gasteiger partial charge in [0, 0.05) is 28.7 Å². The summed E-state index contributed by atoms with van der Waals surface area (Å²) in [5, 5.41) is 0. The van der Waals surface area contributed by atoms with Crippen molar-refractivity contribution in [1.29, 1.82) is 0 Å². The summed E-state index contributed by atoms with van der Waals surface area (Å²) in [6.45, 7) is 0. The van der Waals surface area contributed by atoms with Crippen molar-refractivity contribution in [2.75, 3.05) is 0 Å². The van der Waals surface area contributed by atoms with Crippen LogP contribution in [0.1, 0.15) is 0 Å². The topological polar surface area (TPSA) is 12.4 Å². The van der Waals surface area contributed by atoms with Gasteiger partial charge in [-0.05, 0) is 0 Å². The van der Waals surface area contributed by atoms with Crippen molar-refractivity contribution in [2.24, 2.45) is 16.8 Å². The summed E-state index contributed by atoms with van der Waals surface area (Å²) in [5.74, 6) is 0.980. The van der Waals surface area contributed by atoms with Gasteiger partial charge < -0.3 is 0 Å². The van der Waals surface area contributed by atoms with Crippen molar-refractivity contribution in [1.82, 2.24) is 0 Å². The number of aliphatic imine (C=N–C) groups is 1. The normalized spacial score (nSPS) is 33.4. The van der Waals surface area contributed by atoms with Crippen LogP contribution in [0.3, 0.4) is 0 Å². The molecule has 0 fully saturated rings. The fraction of sp³-hybridized carbons (Fsp3) is 0.222. The molecule has 0 radical (unpaired) electrons. The number of hydrogen-bond donors (Lipinski definition) is 0. The van der Waals surface area contributed by atoms with Crippen molar-refractivity contribution in [3.05, 3.63) is 35.0 Å². The third kappa shape index (κ3) is 1.36. The third-order valence-corrected chi connectivity index (χ3v) is 2.45. The van der Waals surface area contributed by atoms with Crippen LogP contribution in [0, 0.1) is 11.8 Å². The van der Waals surface area contributed by atoms with Crippen molar-refractivity contribution in [3.8, 4) is 0 Å². The zero-order chi connectivity index (χ0) is 7.68. The molecule has 1 heterocycles. The molecule has 2 atom stereocenters. The predicted octanol–water partition coefficient (Wildman–Crippen LogP) is 2.67. The number of hydrogen-bond acceptors (Lipinski definition) is 1. The fourth-order valence-corrected chi connectivity index (χ4v) is 1.77. The number of rotatable bonds is 0. The van der Waals surface area contributed by atoms with Gasteiger partial charge in [-0.25, -0.2) is 0 Å². The maximum absolute atomic E-state index is 4.09. The Morgan fingerprint density at radius 2 is 2.18 bits per heavy atom. The largest absolute Gasteiger partial charge is 0.269 e. The van der Waals surface area contributed by atoms with Gasteiger partial charge in [-0.3, -0.25) is 4.99 Å². The van der Waals surface area contributed by atoms with E-state index >= 15 is 0 Å². The molecule has 2 heteroatoms. The van der Waals surface area contributed by atoms with Gasteiger partial charge in [0.2, 0.25) is 0 Å². The van der Waals surface area contributed by atoms with Crippen molar-refractivity contribution in [3.63, 3.8) is 0 Å². The molecule has 2 rings (SSSR count). The second-order valence-corrected chi connectivity index (χ2v) is 3.62. The highest BCUT2D eigenvalue weighted by Gasteiger charge is 2.17. The lowest BCUT2D eigenvalue weighted by atomic mass is 9.88. The molecule has 1 aliphatic heterocycles. The Morgan fingerprint density at radius 1 is 1.27 bits per heavy atom. The van der Waals surface area contributed by atoms with Gasteiger partial charge in [0.15, 0.2) is 0 Å². The maximum Gasteiger partial charge on any atom is 0.0230 e. The van der Waals surface area contributed by atoms with Crippen LogP contribution >= 0.6 is 15.9 Å². The Bertz CT molecular complexity index is 273. The lowest BCUT2D eigenvalue weighted by Gasteiger charge is -2.20. The lowest BCUT2D eigenvalue weighted by Crippen LogP contribution is -2.14. The summed E-state index contributed by atoms with van der Waals surface area (Å²) in [6.07, 6.45) is 12.4. The van der Waals surface area contributed by atoms with Crippen LogP contribution in [-0.2, 0) is 0 Å². The zero-order valence-corrected chi connectivity index (χ0v) is 7.53. The second kappa shape index (κ2) is 2.78. The summed E-state index contributed by atoms with van der Waals surface area (Å²) in [4.78, 5) is 4.09. The lowest BCUT2D eigenvalue weighted by molar-refractivity contribution is 0.703. The highest BCUT2D eigenvalue weighted by molar-refractivity contribution is 9.11. The SMILES string of the molecule is BrC1=CC2C=CN=CC2C=C1. The summed E-state index contributed by atoms with van der Waals surface area (Å²) >= 11 is 3.45. The molecule has 0 amide bonds. The summed E-state index contributed by atoms with van der Waals surface area (Å²) in [7, 11) is 0. The minimum Gasteiger partial charge on any atom is -0.269 e. The molecule has 0 spiro atoms. The molecular formula is C9H8BrN. The molecule has 0 aromatic carbocycles. The first-order valence-corrected chi connectivity index (χ1v) is 4.41. The van der Waals surface area contributed by atoms with Crippen LogP contribution in [-0.4, -0.2) is 6.21 Å². The molecule has 2 unspecified atom stereocenters. The highest BCUT2D eigenvalue weighted by Crippen LogP contribution is 2.27. The molecule has 1 nitrogen and oxygen atoms in total. The van der Waals surface area contributed by atoms with Crippen LogP contribution in [0.15, 0.2) is 40.0 Å². The first kappa shape index (κ1) is 7.04. The molecule has 0 N–H and O–H groups in total. The predicted molar refractivity (Wildman–Crippen MR) is 50.8 cm³/mol. The number of fused-ring (bicyclic) bond motifs is 1. The Morgan fingerprint density at radius 3 is 3.09 bits per heavy atom. The van der Waals surface area contributed by atoms with Crippen LogP contribution in [0.25, 0.3) is 0 Å².